The van der Waals surface area contributed by atoms with E-state index in [1.165, 1.54) is 23.9 Å². The number of nitrogens with one attached hydrogen (secondary N) is 1. The third kappa shape index (κ3) is 2.16. The maximum Gasteiger partial charge on any atom is 0.240 e. The maximum atomic E-state index is 14.3. The van der Waals surface area contributed by atoms with E-state index in [1.807, 2.05) is 0 Å². The van der Waals surface area contributed by atoms with Crippen LogP contribution in [0.4, 0.5) is 8.78 Å². The van der Waals surface area contributed by atoms with Crippen molar-refractivity contribution >= 4 is 11.0 Å². The molecular formula is C18H13F2N3O2. The van der Waals surface area contributed by atoms with Crippen LogP contribution < -0.4 is 0 Å². The van der Waals surface area contributed by atoms with Crippen LogP contribution in [0.5, 0.6) is 11.6 Å². The fraction of sp³-hybridized carbons (Fsp3) is 0.0556. The predicted octanol–water partition coefficient (Wildman–Crippen LogP) is 4.02. The zero-order valence-corrected chi connectivity index (χ0v) is 13.1. The van der Waals surface area contributed by atoms with Crippen LogP contribution in [0.2, 0.25) is 0 Å². The van der Waals surface area contributed by atoms with Crippen molar-refractivity contribution in [2.24, 2.45) is 0 Å². The van der Waals surface area contributed by atoms with Gasteiger partial charge in [0.15, 0.2) is 5.75 Å². The summed E-state index contributed by atoms with van der Waals surface area (Å²) in [6.07, 6.45) is 1.52. The molecule has 0 aliphatic rings. The lowest BCUT2D eigenvalue weighted by Gasteiger charge is -2.13. The number of hydrogen-bond donors (Lipinski definition) is 3. The highest BCUT2D eigenvalue weighted by atomic mass is 19.1. The average molecular weight is 341 g/mol. The fourth-order valence-electron chi connectivity index (χ4n) is 3.00. The Balaban J connectivity index is 2.07. The highest BCUT2D eigenvalue weighted by Crippen LogP contribution is 2.43. The summed E-state index contributed by atoms with van der Waals surface area (Å²) in [5.41, 5.74) is 1.71. The van der Waals surface area contributed by atoms with Crippen molar-refractivity contribution < 1.29 is 19.0 Å². The van der Waals surface area contributed by atoms with Gasteiger partial charge < -0.3 is 15.2 Å². The quantitative estimate of drug-likeness (QED) is 0.515. The second kappa shape index (κ2) is 5.34. The number of nitrogens with zero attached hydrogens (tertiary/aromatic N) is 2. The number of halogens is 2. The highest BCUT2D eigenvalue weighted by Gasteiger charge is 2.26. The lowest BCUT2D eigenvalue weighted by Crippen LogP contribution is -2.01. The summed E-state index contributed by atoms with van der Waals surface area (Å²) in [5.74, 6) is -2.50. The molecule has 4 aromatic rings. The topological polar surface area (TPSA) is 74.1 Å². The van der Waals surface area contributed by atoms with Crippen LogP contribution >= 0.6 is 0 Å². The molecule has 2 aromatic heterocycles. The molecule has 3 N–H and O–H groups in total. The normalized spacial score (nSPS) is 11.3. The molecule has 0 aliphatic heterocycles. The summed E-state index contributed by atoms with van der Waals surface area (Å²) in [4.78, 5) is 7.05. The van der Waals surface area contributed by atoms with Gasteiger partial charge in [-0.25, -0.2) is 13.8 Å². The summed E-state index contributed by atoms with van der Waals surface area (Å²) in [7, 11) is 0. The Hall–Kier alpha value is -3.35. The highest BCUT2D eigenvalue weighted by molar-refractivity contribution is 5.80. The summed E-state index contributed by atoms with van der Waals surface area (Å²) < 4.78 is 29.9. The molecule has 126 valence electrons. The largest absolute Gasteiger partial charge is 0.503 e. The van der Waals surface area contributed by atoms with E-state index in [0.717, 1.165) is 12.1 Å². The number of fused-ring (bicyclic) bond motifs is 1. The molecule has 0 fully saturated rings. The van der Waals surface area contributed by atoms with Gasteiger partial charge in [-0.15, -0.1) is 0 Å². The van der Waals surface area contributed by atoms with Crippen LogP contribution in [0.3, 0.4) is 0 Å². The number of rotatable bonds is 2. The monoisotopic (exact) mass is 341 g/mol. The van der Waals surface area contributed by atoms with Crippen molar-refractivity contribution in [3.63, 3.8) is 0 Å². The number of aromatic hydroxyl groups is 2. The van der Waals surface area contributed by atoms with E-state index in [-0.39, 0.29) is 16.8 Å². The lowest BCUT2D eigenvalue weighted by molar-refractivity contribution is 0.386. The Labute approximate surface area is 140 Å². The predicted molar refractivity (Wildman–Crippen MR) is 88.8 cm³/mol. The Morgan fingerprint density at radius 3 is 2.52 bits per heavy atom. The van der Waals surface area contributed by atoms with Gasteiger partial charge in [-0.1, -0.05) is 6.07 Å². The van der Waals surface area contributed by atoms with Crippen molar-refractivity contribution in [2.45, 2.75) is 6.92 Å². The van der Waals surface area contributed by atoms with Crippen molar-refractivity contribution in [1.29, 1.82) is 0 Å². The van der Waals surface area contributed by atoms with Crippen LogP contribution in [-0.2, 0) is 0 Å². The molecule has 0 bridgehead atoms. The molecular weight excluding hydrogens is 328 g/mol. The standard InChI is InChI=1S/C18H13F2N3O2/c1-9-16(15-11(19)3-2-4-12(15)20)23(18(25)17(9)24)10-5-6-13-14(7-10)22-8-21-13/h2-8,24-25H,1H3,(H,21,22). The van der Waals surface area contributed by atoms with Gasteiger partial charge in [0.05, 0.1) is 34.3 Å². The zero-order chi connectivity index (χ0) is 17.7. The first-order chi connectivity index (χ1) is 12.0. The minimum absolute atomic E-state index is 0.0458. The molecule has 0 atom stereocenters. The third-order valence-electron chi connectivity index (χ3n) is 4.22. The number of benzene rings is 2. The molecule has 0 amide bonds. The van der Waals surface area contributed by atoms with E-state index in [4.69, 9.17) is 0 Å². The molecule has 0 spiro atoms. The molecule has 0 aliphatic carbocycles. The van der Waals surface area contributed by atoms with E-state index < -0.39 is 23.3 Å². The van der Waals surface area contributed by atoms with Gasteiger partial charge in [-0.2, -0.15) is 0 Å². The molecule has 2 heterocycles. The Morgan fingerprint density at radius 1 is 1.08 bits per heavy atom. The van der Waals surface area contributed by atoms with E-state index in [9.17, 15) is 19.0 Å². The number of aromatic amines is 1. The Kier molecular flexibility index (Phi) is 3.24. The molecule has 2 aromatic carbocycles. The van der Waals surface area contributed by atoms with Crippen LogP contribution in [0.25, 0.3) is 28.0 Å². The molecule has 0 saturated heterocycles. The lowest BCUT2D eigenvalue weighted by atomic mass is 10.1. The van der Waals surface area contributed by atoms with Crippen molar-refractivity contribution in [3.8, 4) is 28.6 Å². The summed E-state index contributed by atoms with van der Waals surface area (Å²) in [6.45, 7) is 1.49. The van der Waals surface area contributed by atoms with Gasteiger partial charge in [0, 0.05) is 5.56 Å². The van der Waals surface area contributed by atoms with Gasteiger partial charge in [0.25, 0.3) is 0 Å². The van der Waals surface area contributed by atoms with Crippen LogP contribution in [0.15, 0.2) is 42.7 Å². The van der Waals surface area contributed by atoms with Gasteiger partial charge in [-0.05, 0) is 37.3 Å². The van der Waals surface area contributed by atoms with Crippen LogP contribution in [0.1, 0.15) is 5.56 Å². The molecule has 7 heteroatoms. The first kappa shape index (κ1) is 15.2. The summed E-state index contributed by atoms with van der Waals surface area (Å²) in [5, 5.41) is 20.5. The van der Waals surface area contributed by atoms with Gasteiger partial charge >= 0.3 is 0 Å². The van der Waals surface area contributed by atoms with E-state index in [0.29, 0.717) is 16.7 Å². The van der Waals surface area contributed by atoms with Crippen LogP contribution in [0, 0.1) is 18.6 Å². The van der Waals surface area contributed by atoms with Crippen LogP contribution in [-0.4, -0.2) is 24.7 Å². The molecule has 25 heavy (non-hydrogen) atoms. The number of imidazole rings is 1. The van der Waals surface area contributed by atoms with E-state index in [1.54, 1.807) is 18.2 Å². The number of H-pyrrole nitrogens is 1. The second-order valence-electron chi connectivity index (χ2n) is 5.68. The zero-order valence-electron chi connectivity index (χ0n) is 13.1. The maximum absolute atomic E-state index is 14.3. The SMILES string of the molecule is Cc1c(O)c(O)n(-c2ccc3nc[nH]c3c2)c1-c1c(F)cccc1F. The molecule has 4 rings (SSSR count). The van der Waals surface area contributed by atoms with Gasteiger partial charge in [0.1, 0.15) is 11.6 Å². The Bertz CT molecular complexity index is 1090. The number of hydrogen-bond acceptors (Lipinski definition) is 3. The molecule has 0 radical (unpaired) electrons. The molecule has 0 saturated carbocycles. The minimum atomic E-state index is -0.788. The summed E-state index contributed by atoms with van der Waals surface area (Å²) in [6, 6.07) is 8.53. The second-order valence-corrected chi connectivity index (χ2v) is 5.68. The fourth-order valence-corrected chi connectivity index (χ4v) is 3.00. The summed E-state index contributed by atoms with van der Waals surface area (Å²) >= 11 is 0. The van der Waals surface area contributed by atoms with Gasteiger partial charge in [0.2, 0.25) is 5.88 Å². The first-order valence-corrected chi connectivity index (χ1v) is 7.50. The molecule has 5 nitrogen and oxygen atoms in total. The van der Waals surface area contributed by atoms with E-state index >= 15 is 0 Å². The first-order valence-electron chi connectivity index (χ1n) is 7.50. The Morgan fingerprint density at radius 2 is 1.80 bits per heavy atom. The molecule has 0 unspecified atom stereocenters. The minimum Gasteiger partial charge on any atom is -0.503 e. The van der Waals surface area contributed by atoms with Crippen molar-refractivity contribution in [1.82, 2.24) is 14.5 Å². The van der Waals surface area contributed by atoms with Gasteiger partial charge in [-0.3, -0.25) is 4.57 Å². The number of aromatic nitrogens is 3. The third-order valence-corrected chi connectivity index (χ3v) is 4.22. The van der Waals surface area contributed by atoms with E-state index in [2.05, 4.69) is 9.97 Å². The van der Waals surface area contributed by atoms with Crippen molar-refractivity contribution in [2.75, 3.05) is 0 Å². The smallest absolute Gasteiger partial charge is 0.240 e. The van der Waals surface area contributed by atoms with Crippen molar-refractivity contribution in [3.05, 3.63) is 59.9 Å². The average Bonchev–Trinajstić information content (AvgIpc) is 3.14.